The van der Waals surface area contributed by atoms with E-state index in [4.69, 9.17) is 14.4 Å². The van der Waals surface area contributed by atoms with E-state index in [1.807, 2.05) is 0 Å². The van der Waals surface area contributed by atoms with Crippen LogP contribution in [-0.4, -0.2) is 55.6 Å². The Kier molecular flexibility index (Phi) is 7.04. The summed E-state index contributed by atoms with van der Waals surface area (Å²) < 4.78 is 42.0. The second-order valence-corrected chi connectivity index (χ2v) is 4.47. The Hall–Kier alpha value is -2.07. The Morgan fingerprint density at radius 1 is 1.30 bits per heavy atom. The molecule has 0 aliphatic heterocycles. The highest BCUT2D eigenvalue weighted by molar-refractivity contribution is 5.66. The number of amides is 1. The lowest BCUT2D eigenvalue weighted by Crippen LogP contribution is -2.31. The topological polar surface area (TPSA) is 64.1 Å². The summed E-state index contributed by atoms with van der Waals surface area (Å²) >= 11 is 0. The van der Waals surface area contributed by atoms with E-state index in [0.717, 1.165) is 23.4 Å². The van der Waals surface area contributed by atoms with E-state index in [1.165, 1.54) is 14.2 Å². The van der Waals surface area contributed by atoms with Crippen LogP contribution in [0.1, 0.15) is 12.1 Å². The van der Waals surface area contributed by atoms with Crippen LogP contribution in [0.15, 0.2) is 18.3 Å². The second kappa shape index (κ2) is 8.53. The molecular weight excluding hydrogens is 319 g/mol. The van der Waals surface area contributed by atoms with E-state index in [9.17, 15) is 18.0 Å². The molecule has 130 valence electrons. The molecule has 0 bridgehead atoms. The molecule has 1 rings (SSSR count). The van der Waals surface area contributed by atoms with Crippen molar-refractivity contribution in [3.8, 4) is 5.75 Å². The maximum atomic E-state index is 12.4. The molecule has 0 N–H and O–H groups in total. The van der Waals surface area contributed by atoms with Gasteiger partial charge in [-0.2, -0.15) is 18.2 Å². The highest BCUT2D eigenvalue weighted by Crippen LogP contribution is 2.28. The summed E-state index contributed by atoms with van der Waals surface area (Å²) in [7, 11) is 4.53. The SMILES string of the molecule is CON(C)CCCOC(=O)N(C)Oc1ccc(C(F)(F)F)nc1. The molecule has 0 radical (unpaired) electrons. The molecule has 1 aromatic rings. The van der Waals surface area contributed by atoms with Gasteiger partial charge < -0.3 is 14.4 Å². The summed E-state index contributed by atoms with van der Waals surface area (Å²) in [5.41, 5.74) is -1.04. The number of pyridine rings is 1. The third-order valence-electron chi connectivity index (χ3n) is 2.68. The average Bonchev–Trinajstić information content (AvgIpc) is 2.50. The molecule has 0 saturated carbocycles. The number of rotatable bonds is 7. The zero-order chi connectivity index (χ0) is 17.5. The van der Waals surface area contributed by atoms with Gasteiger partial charge in [-0.1, -0.05) is 0 Å². The van der Waals surface area contributed by atoms with Crippen LogP contribution in [0.2, 0.25) is 0 Å². The maximum absolute atomic E-state index is 12.4. The molecular formula is C13H18F3N3O4. The number of carbonyl (C=O) groups is 1. The van der Waals surface area contributed by atoms with Gasteiger partial charge in [0.25, 0.3) is 0 Å². The van der Waals surface area contributed by atoms with Crippen LogP contribution in [0.4, 0.5) is 18.0 Å². The Bertz CT molecular complexity index is 496. The van der Waals surface area contributed by atoms with Crippen LogP contribution < -0.4 is 4.84 Å². The predicted molar refractivity (Wildman–Crippen MR) is 73.2 cm³/mol. The maximum Gasteiger partial charge on any atom is 0.442 e. The van der Waals surface area contributed by atoms with Crippen LogP contribution in [0, 0.1) is 0 Å². The first-order valence-corrected chi connectivity index (χ1v) is 6.61. The van der Waals surface area contributed by atoms with Gasteiger partial charge in [0.15, 0.2) is 5.75 Å². The molecule has 1 amide bonds. The Morgan fingerprint density at radius 3 is 2.52 bits per heavy atom. The largest absolute Gasteiger partial charge is 0.447 e. The van der Waals surface area contributed by atoms with Gasteiger partial charge in [-0.3, -0.25) is 0 Å². The number of aromatic nitrogens is 1. The minimum Gasteiger partial charge on any atom is -0.447 e. The van der Waals surface area contributed by atoms with Gasteiger partial charge in [0.1, 0.15) is 5.69 Å². The van der Waals surface area contributed by atoms with Crippen molar-refractivity contribution in [2.24, 2.45) is 0 Å². The molecule has 0 saturated heterocycles. The summed E-state index contributed by atoms with van der Waals surface area (Å²) in [6.07, 6.45) is -3.88. The molecule has 7 nitrogen and oxygen atoms in total. The van der Waals surface area contributed by atoms with E-state index in [-0.39, 0.29) is 12.4 Å². The fourth-order valence-corrected chi connectivity index (χ4v) is 1.43. The fraction of sp³-hybridized carbons (Fsp3) is 0.538. The summed E-state index contributed by atoms with van der Waals surface area (Å²) in [6, 6.07) is 1.82. The smallest absolute Gasteiger partial charge is 0.442 e. The van der Waals surface area contributed by atoms with Gasteiger partial charge in [-0.15, -0.1) is 5.06 Å². The molecule has 1 aromatic heterocycles. The lowest BCUT2D eigenvalue weighted by atomic mass is 10.3. The molecule has 10 heteroatoms. The monoisotopic (exact) mass is 337 g/mol. The van der Waals surface area contributed by atoms with Crippen molar-refractivity contribution >= 4 is 6.09 Å². The summed E-state index contributed by atoms with van der Waals surface area (Å²) in [6.45, 7) is 0.711. The standard InChI is InChI=1S/C13H18F3N3O4/c1-18(21-3)7-4-8-22-12(20)19(2)23-10-5-6-11(17-9-10)13(14,15)16/h5-6,9H,4,7-8H2,1-3H3. The van der Waals surface area contributed by atoms with Crippen molar-refractivity contribution in [2.75, 3.05) is 34.4 Å². The third kappa shape index (κ3) is 6.70. The minimum absolute atomic E-state index is 0.0171. The van der Waals surface area contributed by atoms with Crippen molar-refractivity contribution in [1.82, 2.24) is 15.1 Å². The second-order valence-electron chi connectivity index (χ2n) is 4.47. The Balaban J connectivity index is 2.40. The molecule has 0 spiro atoms. The number of halogens is 3. The zero-order valence-electron chi connectivity index (χ0n) is 13.0. The van der Waals surface area contributed by atoms with Gasteiger partial charge in [0.05, 0.1) is 27.0 Å². The number of nitrogens with zero attached hydrogens (tertiary/aromatic N) is 3. The van der Waals surface area contributed by atoms with Crippen molar-refractivity contribution in [1.29, 1.82) is 0 Å². The number of hydrogen-bond acceptors (Lipinski definition) is 6. The highest BCUT2D eigenvalue weighted by atomic mass is 19.4. The normalized spacial score (nSPS) is 11.4. The van der Waals surface area contributed by atoms with E-state index in [2.05, 4.69) is 4.98 Å². The quantitative estimate of drug-likeness (QED) is 0.562. The summed E-state index contributed by atoms with van der Waals surface area (Å²) in [5, 5.41) is 2.34. The third-order valence-corrected chi connectivity index (χ3v) is 2.68. The molecule has 1 heterocycles. The van der Waals surface area contributed by atoms with Crippen LogP contribution in [0.3, 0.4) is 0 Å². The van der Waals surface area contributed by atoms with Crippen molar-refractivity contribution < 1.29 is 32.4 Å². The van der Waals surface area contributed by atoms with E-state index < -0.39 is 18.0 Å². The first-order valence-electron chi connectivity index (χ1n) is 6.61. The van der Waals surface area contributed by atoms with Gasteiger partial charge in [-0.25, -0.2) is 9.78 Å². The lowest BCUT2D eigenvalue weighted by molar-refractivity contribution is -0.141. The molecule has 0 aliphatic carbocycles. The predicted octanol–water partition coefficient (Wildman–Crippen LogP) is 2.35. The first-order chi connectivity index (χ1) is 10.7. The average molecular weight is 337 g/mol. The van der Waals surface area contributed by atoms with Crippen molar-refractivity contribution in [3.63, 3.8) is 0 Å². The van der Waals surface area contributed by atoms with Gasteiger partial charge in [0, 0.05) is 13.6 Å². The summed E-state index contributed by atoms with van der Waals surface area (Å²) in [4.78, 5) is 24.8. The first kappa shape index (κ1) is 19.0. The lowest BCUT2D eigenvalue weighted by Gasteiger charge is -2.18. The van der Waals surface area contributed by atoms with Crippen molar-refractivity contribution in [2.45, 2.75) is 12.6 Å². The van der Waals surface area contributed by atoms with Crippen LogP contribution in [-0.2, 0) is 15.8 Å². The Labute approximate surface area is 131 Å². The minimum atomic E-state index is -4.53. The molecule has 0 unspecified atom stereocenters. The van der Waals surface area contributed by atoms with Crippen molar-refractivity contribution in [3.05, 3.63) is 24.0 Å². The van der Waals surface area contributed by atoms with Crippen LogP contribution >= 0.6 is 0 Å². The number of alkyl halides is 3. The molecule has 23 heavy (non-hydrogen) atoms. The van der Waals surface area contributed by atoms with Crippen LogP contribution in [0.5, 0.6) is 5.75 Å². The number of hydrogen-bond donors (Lipinski definition) is 0. The Morgan fingerprint density at radius 2 is 2.00 bits per heavy atom. The van der Waals surface area contributed by atoms with E-state index >= 15 is 0 Å². The molecule has 0 fully saturated rings. The van der Waals surface area contributed by atoms with Gasteiger partial charge >= 0.3 is 12.3 Å². The highest BCUT2D eigenvalue weighted by Gasteiger charge is 2.32. The number of carbonyl (C=O) groups excluding carboxylic acids is 1. The molecule has 0 atom stereocenters. The van der Waals surface area contributed by atoms with E-state index in [0.29, 0.717) is 13.0 Å². The number of hydroxylamine groups is 4. The van der Waals surface area contributed by atoms with Crippen LogP contribution in [0.25, 0.3) is 0 Å². The van der Waals surface area contributed by atoms with Gasteiger partial charge in [0.2, 0.25) is 0 Å². The molecule has 0 aromatic carbocycles. The fourth-order valence-electron chi connectivity index (χ4n) is 1.43. The number of ether oxygens (including phenoxy) is 1. The zero-order valence-corrected chi connectivity index (χ0v) is 13.0. The van der Waals surface area contributed by atoms with Gasteiger partial charge in [-0.05, 0) is 18.6 Å². The molecule has 0 aliphatic rings. The van der Waals surface area contributed by atoms with E-state index in [1.54, 1.807) is 12.1 Å². The summed E-state index contributed by atoms with van der Waals surface area (Å²) in [5.74, 6) is -0.0171.